The van der Waals surface area contributed by atoms with Crippen molar-refractivity contribution in [2.45, 2.75) is 0 Å². The zero-order valence-electron chi connectivity index (χ0n) is 13.9. The second-order valence-corrected chi connectivity index (χ2v) is 5.76. The Balaban J connectivity index is 1.70. The fourth-order valence-electron chi connectivity index (χ4n) is 2.95. The van der Waals surface area contributed by atoms with Crippen LogP contribution in [0.1, 0.15) is 10.4 Å². The maximum absolute atomic E-state index is 12.7. The molecule has 0 saturated carbocycles. The number of carbonyl (C=O) groups excluding carboxylic acids is 1. The monoisotopic (exact) mass is 341 g/mol. The van der Waals surface area contributed by atoms with Gasteiger partial charge in [0.2, 0.25) is 0 Å². The molecule has 0 aromatic heterocycles. The lowest BCUT2D eigenvalue weighted by atomic mass is 10.1. The van der Waals surface area contributed by atoms with Crippen molar-refractivity contribution in [1.29, 1.82) is 0 Å². The summed E-state index contributed by atoms with van der Waals surface area (Å²) < 4.78 is 4.98. The van der Waals surface area contributed by atoms with E-state index in [0.29, 0.717) is 18.7 Å². The standard InChI is InChI=1S/C18H19N3O4/c1-25-17-8-7-14(13-16(17)21(23)24)18(22)20-11-9-19(10-12-20)15-5-3-2-4-6-15/h2-8,13H,9-12H2,1H3. The van der Waals surface area contributed by atoms with Crippen molar-refractivity contribution in [2.75, 3.05) is 38.2 Å². The number of nitrogens with zero attached hydrogens (tertiary/aromatic N) is 3. The fraction of sp³-hybridized carbons (Fsp3) is 0.278. The van der Waals surface area contributed by atoms with Gasteiger partial charge >= 0.3 is 5.69 Å². The molecule has 2 aromatic rings. The van der Waals surface area contributed by atoms with Gasteiger partial charge < -0.3 is 14.5 Å². The van der Waals surface area contributed by atoms with Gasteiger partial charge in [0.15, 0.2) is 5.75 Å². The molecule has 1 fully saturated rings. The first-order valence-electron chi connectivity index (χ1n) is 8.02. The molecule has 0 spiro atoms. The summed E-state index contributed by atoms with van der Waals surface area (Å²) in [4.78, 5) is 27.2. The van der Waals surface area contributed by atoms with Crippen LogP contribution in [0, 0.1) is 10.1 Å². The summed E-state index contributed by atoms with van der Waals surface area (Å²) in [5.74, 6) is -0.0473. The number of methoxy groups -OCH3 is 1. The van der Waals surface area contributed by atoms with E-state index < -0.39 is 4.92 Å². The van der Waals surface area contributed by atoms with Crippen LogP contribution in [-0.4, -0.2) is 49.0 Å². The van der Waals surface area contributed by atoms with Gasteiger partial charge in [-0.15, -0.1) is 0 Å². The number of carbonyl (C=O) groups is 1. The van der Waals surface area contributed by atoms with Gasteiger partial charge in [0, 0.05) is 43.5 Å². The van der Waals surface area contributed by atoms with E-state index in [1.807, 2.05) is 30.3 Å². The number of ether oxygens (including phenoxy) is 1. The molecule has 0 unspecified atom stereocenters. The molecule has 7 nitrogen and oxygen atoms in total. The van der Waals surface area contributed by atoms with Crippen LogP contribution in [0.3, 0.4) is 0 Å². The van der Waals surface area contributed by atoms with Crippen LogP contribution in [0.15, 0.2) is 48.5 Å². The number of rotatable bonds is 4. The Morgan fingerprint density at radius 2 is 1.76 bits per heavy atom. The van der Waals surface area contributed by atoms with Crippen molar-refractivity contribution in [1.82, 2.24) is 4.90 Å². The first-order chi connectivity index (χ1) is 12.1. The number of amides is 1. The first kappa shape index (κ1) is 16.8. The molecule has 1 aliphatic heterocycles. The Kier molecular flexibility index (Phi) is 4.83. The molecule has 1 amide bonds. The van der Waals surface area contributed by atoms with Crippen LogP contribution in [0.5, 0.6) is 5.75 Å². The van der Waals surface area contributed by atoms with Gasteiger partial charge in [0.05, 0.1) is 12.0 Å². The second kappa shape index (κ2) is 7.21. The maximum atomic E-state index is 12.7. The average molecular weight is 341 g/mol. The Bertz CT molecular complexity index is 771. The molecule has 0 atom stereocenters. The lowest BCUT2D eigenvalue weighted by molar-refractivity contribution is -0.385. The van der Waals surface area contributed by atoms with E-state index in [0.717, 1.165) is 18.8 Å². The highest BCUT2D eigenvalue weighted by atomic mass is 16.6. The van der Waals surface area contributed by atoms with Crippen molar-refractivity contribution in [3.8, 4) is 5.75 Å². The van der Waals surface area contributed by atoms with Gasteiger partial charge in [0.25, 0.3) is 5.91 Å². The van der Waals surface area contributed by atoms with E-state index in [2.05, 4.69) is 4.90 Å². The summed E-state index contributed by atoms with van der Waals surface area (Å²) in [7, 11) is 1.37. The van der Waals surface area contributed by atoms with E-state index in [9.17, 15) is 14.9 Å². The third-order valence-electron chi connectivity index (χ3n) is 4.31. The molecule has 1 aliphatic rings. The van der Waals surface area contributed by atoms with Crippen molar-refractivity contribution >= 4 is 17.3 Å². The molecule has 0 radical (unpaired) electrons. The van der Waals surface area contributed by atoms with Crippen LogP contribution < -0.4 is 9.64 Å². The number of piperazine rings is 1. The third-order valence-corrected chi connectivity index (χ3v) is 4.31. The highest BCUT2D eigenvalue weighted by Gasteiger charge is 2.25. The molecule has 130 valence electrons. The Morgan fingerprint density at radius 3 is 2.36 bits per heavy atom. The molecule has 0 N–H and O–H groups in total. The first-order valence-corrected chi connectivity index (χ1v) is 8.02. The molecule has 2 aromatic carbocycles. The SMILES string of the molecule is COc1ccc(C(=O)N2CCN(c3ccccc3)CC2)cc1[N+](=O)[O-]. The Morgan fingerprint density at radius 1 is 1.08 bits per heavy atom. The van der Waals surface area contributed by atoms with E-state index >= 15 is 0 Å². The summed E-state index contributed by atoms with van der Waals surface area (Å²) in [6.07, 6.45) is 0. The van der Waals surface area contributed by atoms with Gasteiger partial charge in [-0.25, -0.2) is 0 Å². The van der Waals surface area contributed by atoms with E-state index in [-0.39, 0.29) is 17.3 Å². The fourth-order valence-corrected chi connectivity index (χ4v) is 2.95. The number of para-hydroxylation sites is 1. The van der Waals surface area contributed by atoms with Gasteiger partial charge in [-0.1, -0.05) is 18.2 Å². The lowest BCUT2D eigenvalue weighted by Crippen LogP contribution is -2.48. The molecule has 1 saturated heterocycles. The number of hydrogen-bond acceptors (Lipinski definition) is 5. The molecule has 1 heterocycles. The Labute approximate surface area is 145 Å². The normalized spacial score (nSPS) is 14.3. The summed E-state index contributed by atoms with van der Waals surface area (Å²) in [5.41, 5.74) is 1.24. The number of hydrogen-bond donors (Lipinski definition) is 0. The van der Waals surface area contributed by atoms with Crippen molar-refractivity contribution in [3.05, 3.63) is 64.2 Å². The predicted molar refractivity (Wildman–Crippen MR) is 94.2 cm³/mol. The van der Waals surface area contributed by atoms with Crippen LogP contribution in [0.4, 0.5) is 11.4 Å². The molecular weight excluding hydrogens is 322 g/mol. The molecule has 25 heavy (non-hydrogen) atoms. The quantitative estimate of drug-likeness (QED) is 0.631. The van der Waals surface area contributed by atoms with Crippen LogP contribution in [-0.2, 0) is 0 Å². The molecule has 0 bridgehead atoms. The van der Waals surface area contributed by atoms with E-state index in [1.165, 1.54) is 19.2 Å². The largest absolute Gasteiger partial charge is 0.490 e. The van der Waals surface area contributed by atoms with Gasteiger partial charge in [-0.05, 0) is 24.3 Å². The minimum Gasteiger partial charge on any atom is -0.490 e. The summed E-state index contributed by atoms with van der Waals surface area (Å²) in [5, 5.41) is 11.1. The van der Waals surface area contributed by atoms with Crippen LogP contribution >= 0.6 is 0 Å². The van der Waals surface area contributed by atoms with Gasteiger partial charge in [-0.3, -0.25) is 14.9 Å². The van der Waals surface area contributed by atoms with Gasteiger partial charge in [-0.2, -0.15) is 0 Å². The highest BCUT2D eigenvalue weighted by molar-refractivity contribution is 5.95. The molecule has 3 rings (SSSR count). The molecule has 7 heteroatoms. The average Bonchev–Trinajstić information content (AvgIpc) is 2.67. The lowest BCUT2D eigenvalue weighted by Gasteiger charge is -2.36. The smallest absolute Gasteiger partial charge is 0.311 e. The zero-order valence-corrected chi connectivity index (χ0v) is 13.9. The Hall–Kier alpha value is -3.09. The van der Waals surface area contributed by atoms with Crippen molar-refractivity contribution in [3.63, 3.8) is 0 Å². The molecule has 0 aliphatic carbocycles. The predicted octanol–water partition coefficient (Wildman–Crippen LogP) is 2.57. The summed E-state index contributed by atoms with van der Waals surface area (Å²) >= 11 is 0. The topological polar surface area (TPSA) is 75.9 Å². The maximum Gasteiger partial charge on any atom is 0.311 e. The highest BCUT2D eigenvalue weighted by Crippen LogP contribution is 2.28. The van der Waals surface area contributed by atoms with Crippen LogP contribution in [0.2, 0.25) is 0 Å². The summed E-state index contributed by atoms with van der Waals surface area (Å²) in [6, 6.07) is 14.4. The zero-order chi connectivity index (χ0) is 17.8. The minimum absolute atomic E-state index is 0.149. The van der Waals surface area contributed by atoms with Crippen molar-refractivity contribution in [2.24, 2.45) is 0 Å². The molecular formula is C18H19N3O4. The number of benzene rings is 2. The second-order valence-electron chi connectivity index (χ2n) is 5.76. The number of nitro groups is 1. The third kappa shape index (κ3) is 3.55. The van der Waals surface area contributed by atoms with E-state index in [1.54, 1.807) is 11.0 Å². The number of nitro benzene ring substituents is 1. The van der Waals surface area contributed by atoms with Gasteiger partial charge in [0.1, 0.15) is 0 Å². The van der Waals surface area contributed by atoms with Crippen LogP contribution in [0.25, 0.3) is 0 Å². The summed E-state index contributed by atoms with van der Waals surface area (Å²) in [6.45, 7) is 2.61. The minimum atomic E-state index is -0.539. The number of anilines is 1. The van der Waals surface area contributed by atoms with Crippen molar-refractivity contribution < 1.29 is 14.5 Å². The van der Waals surface area contributed by atoms with E-state index in [4.69, 9.17) is 4.74 Å².